The second-order valence-electron chi connectivity index (χ2n) is 1.77. The SMILES string of the molecule is c1coc(-c2c[se]nn2)c1. The fourth-order valence-electron chi connectivity index (χ4n) is 0.696. The Balaban J connectivity index is 2.48. The van der Waals surface area contributed by atoms with Gasteiger partial charge in [0.25, 0.3) is 0 Å². The molecule has 10 heavy (non-hydrogen) atoms. The van der Waals surface area contributed by atoms with Crippen molar-refractivity contribution in [2.24, 2.45) is 0 Å². The first-order chi connectivity index (χ1) is 4.97. The number of nitrogens with zero attached hydrogens (tertiary/aromatic N) is 2. The maximum atomic E-state index is 5.11. The molecule has 0 atom stereocenters. The first-order valence-electron chi connectivity index (χ1n) is 2.78. The molecule has 0 aromatic carbocycles. The summed E-state index contributed by atoms with van der Waals surface area (Å²) in [4.78, 5) is 1.99. The van der Waals surface area contributed by atoms with Crippen LogP contribution in [0.15, 0.2) is 27.8 Å². The van der Waals surface area contributed by atoms with Crippen LogP contribution in [0.3, 0.4) is 0 Å². The van der Waals surface area contributed by atoms with E-state index in [9.17, 15) is 0 Å². The third-order valence-electron chi connectivity index (χ3n) is 1.13. The monoisotopic (exact) mass is 200 g/mol. The number of furan rings is 1. The molecule has 0 saturated heterocycles. The Morgan fingerprint density at radius 3 is 3.10 bits per heavy atom. The van der Waals surface area contributed by atoms with Gasteiger partial charge in [-0.2, -0.15) is 0 Å². The standard InChI is InChI=1S/C6H4N2OSe/c1-2-6(9-3-1)5-4-10-8-7-5/h1-4H. The molecule has 0 aliphatic heterocycles. The van der Waals surface area contributed by atoms with Crippen LogP contribution in [0.25, 0.3) is 11.5 Å². The van der Waals surface area contributed by atoms with Crippen LogP contribution in [-0.2, 0) is 0 Å². The van der Waals surface area contributed by atoms with E-state index < -0.39 is 0 Å². The van der Waals surface area contributed by atoms with Crippen molar-refractivity contribution in [2.45, 2.75) is 0 Å². The molecule has 4 heteroatoms. The van der Waals surface area contributed by atoms with E-state index >= 15 is 0 Å². The molecule has 3 nitrogen and oxygen atoms in total. The summed E-state index contributed by atoms with van der Waals surface area (Å²) in [5.41, 5.74) is 0.866. The zero-order valence-corrected chi connectivity index (χ0v) is 6.73. The van der Waals surface area contributed by atoms with E-state index in [0.717, 1.165) is 11.5 Å². The van der Waals surface area contributed by atoms with E-state index in [2.05, 4.69) is 9.19 Å². The zero-order valence-electron chi connectivity index (χ0n) is 5.02. The average molecular weight is 199 g/mol. The van der Waals surface area contributed by atoms with Gasteiger partial charge in [0.05, 0.1) is 0 Å². The molecule has 0 amide bonds. The predicted octanol–water partition coefficient (Wildman–Crippen LogP) is 0.794. The molecule has 0 fully saturated rings. The molecular formula is C6H4N2OSe. The van der Waals surface area contributed by atoms with Gasteiger partial charge in [-0.1, -0.05) is 0 Å². The van der Waals surface area contributed by atoms with Crippen LogP contribution in [0.1, 0.15) is 0 Å². The molecule has 2 heterocycles. The van der Waals surface area contributed by atoms with Gasteiger partial charge in [-0.15, -0.1) is 0 Å². The van der Waals surface area contributed by atoms with Gasteiger partial charge in [-0.25, -0.2) is 0 Å². The van der Waals surface area contributed by atoms with Crippen molar-refractivity contribution < 1.29 is 4.42 Å². The minimum atomic E-state index is 0.197. The molecule has 2 aromatic rings. The molecule has 0 radical (unpaired) electrons. The molecule has 0 unspecified atom stereocenters. The summed E-state index contributed by atoms with van der Waals surface area (Å²) in [7, 11) is 0. The van der Waals surface area contributed by atoms with Crippen molar-refractivity contribution in [3.63, 3.8) is 0 Å². The molecule has 0 bridgehead atoms. The molecule has 0 N–H and O–H groups in total. The van der Waals surface area contributed by atoms with Crippen molar-refractivity contribution in [3.05, 3.63) is 23.3 Å². The first-order valence-corrected chi connectivity index (χ1v) is 4.53. The Hall–Kier alpha value is -0.861. The van der Waals surface area contributed by atoms with E-state index in [1.54, 1.807) is 6.26 Å². The Bertz CT molecular complexity index is 255. The third kappa shape index (κ3) is 0.916. The third-order valence-corrected chi connectivity index (χ3v) is 2.19. The Morgan fingerprint density at radius 1 is 1.50 bits per heavy atom. The Labute approximate surface area is 63.7 Å². The van der Waals surface area contributed by atoms with Gasteiger partial charge in [-0.05, 0) is 0 Å². The summed E-state index contributed by atoms with van der Waals surface area (Å²) < 4.78 is 8.96. The number of hydrogen-bond donors (Lipinski definition) is 0. The second kappa shape index (κ2) is 2.40. The van der Waals surface area contributed by atoms with Crippen molar-refractivity contribution in [2.75, 3.05) is 0 Å². The molecule has 0 saturated carbocycles. The van der Waals surface area contributed by atoms with E-state index in [1.807, 2.05) is 17.1 Å². The summed E-state index contributed by atoms with van der Waals surface area (Å²) in [6.07, 6.45) is 1.64. The van der Waals surface area contributed by atoms with Gasteiger partial charge in [-0.3, -0.25) is 0 Å². The Kier molecular flexibility index (Phi) is 1.42. The quantitative estimate of drug-likeness (QED) is 0.637. The number of aromatic nitrogens is 2. The molecule has 50 valence electrons. The first kappa shape index (κ1) is 5.89. The fraction of sp³-hybridized carbons (Fsp3) is 0. The average Bonchev–Trinajstić information content (AvgIpc) is 2.59. The van der Waals surface area contributed by atoms with Crippen molar-refractivity contribution >= 4 is 14.7 Å². The van der Waals surface area contributed by atoms with Crippen LogP contribution in [-0.4, -0.2) is 23.9 Å². The van der Waals surface area contributed by atoms with Gasteiger partial charge in [0.2, 0.25) is 0 Å². The summed E-state index contributed by atoms with van der Waals surface area (Å²) in [5, 5.41) is 3.90. The van der Waals surface area contributed by atoms with Crippen LogP contribution < -0.4 is 0 Å². The van der Waals surface area contributed by atoms with Gasteiger partial charge < -0.3 is 0 Å². The second-order valence-corrected chi connectivity index (χ2v) is 3.05. The maximum absolute atomic E-state index is 5.11. The predicted molar refractivity (Wildman–Crippen MR) is 36.7 cm³/mol. The van der Waals surface area contributed by atoms with Gasteiger partial charge in [0, 0.05) is 0 Å². The summed E-state index contributed by atoms with van der Waals surface area (Å²) >= 11 is 0.197. The summed E-state index contributed by atoms with van der Waals surface area (Å²) in [6, 6.07) is 3.73. The molecule has 0 aliphatic rings. The van der Waals surface area contributed by atoms with Crippen LogP contribution >= 0.6 is 0 Å². The van der Waals surface area contributed by atoms with E-state index in [0.29, 0.717) is 0 Å². The van der Waals surface area contributed by atoms with Gasteiger partial charge in [0.15, 0.2) is 0 Å². The topological polar surface area (TPSA) is 38.9 Å². The van der Waals surface area contributed by atoms with Crippen LogP contribution in [0.4, 0.5) is 0 Å². The van der Waals surface area contributed by atoms with Crippen molar-refractivity contribution in [1.29, 1.82) is 0 Å². The number of hydrogen-bond acceptors (Lipinski definition) is 3. The summed E-state index contributed by atoms with van der Waals surface area (Å²) in [5.74, 6) is 0.808. The summed E-state index contributed by atoms with van der Waals surface area (Å²) in [6.45, 7) is 0. The molecule has 0 aliphatic carbocycles. The molecule has 2 rings (SSSR count). The van der Waals surface area contributed by atoms with Crippen LogP contribution in [0, 0.1) is 0 Å². The van der Waals surface area contributed by atoms with E-state index in [1.165, 1.54) is 0 Å². The normalized spacial score (nSPS) is 10.0. The zero-order chi connectivity index (χ0) is 6.81. The van der Waals surface area contributed by atoms with Crippen LogP contribution in [0.5, 0.6) is 0 Å². The van der Waals surface area contributed by atoms with Gasteiger partial charge >= 0.3 is 63.1 Å². The Morgan fingerprint density at radius 2 is 2.50 bits per heavy atom. The molecular weight excluding hydrogens is 195 g/mol. The van der Waals surface area contributed by atoms with E-state index in [-0.39, 0.29) is 14.7 Å². The van der Waals surface area contributed by atoms with Crippen molar-refractivity contribution in [3.8, 4) is 11.5 Å². The molecule has 2 aromatic heterocycles. The fourth-order valence-corrected chi connectivity index (χ4v) is 1.63. The molecule has 0 spiro atoms. The van der Waals surface area contributed by atoms with Crippen LogP contribution in [0.2, 0.25) is 0 Å². The van der Waals surface area contributed by atoms with Gasteiger partial charge in [0.1, 0.15) is 0 Å². The van der Waals surface area contributed by atoms with Crippen molar-refractivity contribution in [1.82, 2.24) is 9.19 Å². The minimum absolute atomic E-state index is 0.197. The van der Waals surface area contributed by atoms with E-state index in [4.69, 9.17) is 4.42 Å². The number of rotatable bonds is 1.